The number of benzene rings is 10. The van der Waals surface area contributed by atoms with Crippen LogP contribution in [0, 0.1) is 0 Å². The monoisotopic (exact) mass is 727 g/mol. The summed E-state index contributed by atoms with van der Waals surface area (Å²) in [7, 11) is 0. The summed E-state index contributed by atoms with van der Waals surface area (Å²) in [6.45, 7) is 0. The van der Waals surface area contributed by atoms with Crippen LogP contribution in [-0.2, 0) is 0 Å². The Balaban J connectivity index is 1.20. The molecule has 3 aromatic heterocycles. The van der Waals surface area contributed by atoms with E-state index in [1.165, 1.54) is 79.4 Å². The first-order valence-electron chi connectivity index (χ1n) is 19.1. The average Bonchev–Trinajstić information content (AvgIpc) is 3.80. The van der Waals surface area contributed by atoms with Crippen LogP contribution in [-0.4, -0.2) is 14.5 Å². The Morgan fingerprint density at radius 1 is 0.357 bits per heavy atom. The van der Waals surface area contributed by atoms with Crippen LogP contribution in [0.25, 0.3) is 124 Å². The molecule has 0 aliphatic carbocycles. The summed E-state index contributed by atoms with van der Waals surface area (Å²) in [5.74, 6) is 0.666. The lowest BCUT2D eigenvalue weighted by molar-refractivity contribution is 1.02. The zero-order valence-corrected chi connectivity index (χ0v) is 30.8. The molecule has 0 saturated heterocycles. The topological polar surface area (TPSA) is 30.7 Å². The van der Waals surface area contributed by atoms with E-state index in [0.29, 0.717) is 5.95 Å². The smallest absolute Gasteiger partial charge is 0.235 e. The minimum atomic E-state index is 0.666. The third-order valence-corrected chi connectivity index (χ3v) is 13.1. The summed E-state index contributed by atoms with van der Waals surface area (Å²) < 4.78 is 4.87. The Kier molecular flexibility index (Phi) is 6.04. The maximum absolute atomic E-state index is 5.65. The summed E-state index contributed by atoms with van der Waals surface area (Å²) in [5.41, 5.74) is 5.13. The van der Waals surface area contributed by atoms with Gasteiger partial charge in [-0.25, -0.2) is 9.97 Å². The van der Waals surface area contributed by atoms with Gasteiger partial charge in [0.05, 0.1) is 22.2 Å². The van der Waals surface area contributed by atoms with Crippen LogP contribution < -0.4 is 0 Å². The molecule has 0 saturated carbocycles. The van der Waals surface area contributed by atoms with E-state index < -0.39 is 0 Å². The van der Waals surface area contributed by atoms with Crippen molar-refractivity contribution in [3.63, 3.8) is 0 Å². The van der Waals surface area contributed by atoms with E-state index in [4.69, 9.17) is 9.97 Å². The number of thiophene rings is 1. The highest BCUT2D eigenvalue weighted by atomic mass is 32.1. The molecule has 0 unspecified atom stereocenters. The molecule has 0 N–H and O–H groups in total. The van der Waals surface area contributed by atoms with Crippen LogP contribution in [0.1, 0.15) is 0 Å². The van der Waals surface area contributed by atoms with Crippen molar-refractivity contribution >= 4 is 118 Å². The number of nitrogens with zero attached hydrogens (tertiary/aromatic N) is 3. The molecule has 13 aromatic rings. The normalized spacial score (nSPS) is 12.3. The van der Waals surface area contributed by atoms with Crippen molar-refractivity contribution in [3.05, 3.63) is 176 Å². The lowest BCUT2D eigenvalue weighted by atomic mass is 9.91. The first-order valence-corrected chi connectivity index (χ1v) is 19.9. The molecule has 13 rings (SSSR count). The van der Waals surface area contributed by atoms with Crippen LogP contribution in [0.15, 0.2) is 176 Å². The molecule has 56 heavy (non-hydrogen) atoms. The highest BCUT2D eigenvalue weighted by Gasteiger charge is 2.22. The van der Waals surface area contributed by atoms with Crippen molar-refractivity contribution in [1.82, 2.24) is 14.5 Å². The quantitative estimate of drug-likeness (QED) is 0.166. The molecule has 0 bridgehead atoms. The molecular weight excluding hydrogens is 699 g/mol. The zero-order valence-electron chi connectivity index (χ0n) is 30.0. The van der Waals surface area contributed by atoms with Gasteiger partial charge in [0.2, 0.25) is 5.95 Å². The van der Waals surface area contributed by atoms with Gasteiger partial charge in [-0.15, -0.1) is 11.3 Å². The highest BCUT2D eigenvalue weighted by Crippen LogP contribution is 2.45. The molecule has 0 atom stereocenters. The zero-order chi connectivity index (χ0) is 36.5. The van der Waals surface area contributed by atoms with Crippen molar-refractivity contribution in [2.75, 3.05) is 0 Å². The van der Waals surface area contributed by atoms with Crippen LogP contribution in [0.5, 0.6) is 0 Å². The van der Waals surface area contributed by atoms with E-state index >= 15 is 0 Å². The Hall–Kier alpha value is -7.14. The van der Waals surface area contributed by atoms with Crippen molar-refractivity contribution in [2.24, 2.45) is 0 Å². The summed E-state index contributed by atoms with van der Waals surface area (Å²) >= 11 is 1.84. The number of hydrogen-bond donors (Lipinski definition) is 0. The summed E-state index contributed by atoms with van der Waals surface area (Å²) in [6, 6.07) is 64.2. The Labute approximate surface area is 324 Å². The second-order valence-electron chi connectivity index (χ2n) is 14.9. The first kappa shape index (κ1) is 30.2. The van der Waals surface area contributed by atoms with E-state index in [9.17, 15) is 0 Å². The molecular formula is C52H29N3S. The predicted octanol–water partition coefficient (Wildman–Crippen LogP) is 14.5. The number of fused-ring (bicyclic) bond motifs is 17. The Morgan fingerprint density at radius 2 is 0.964 bits per heavy atom. The summed E-state index contributed by atoms with van der Waals surface area (Å²) in [4.78, 5) is 11.1. The second-order valence-corrected chi connectivity index (χ2v) is 16.0. The molecule has 0 radical (unpaired) electrons. The van der Waals surface area contributed by atoms with Gasteiger partial charge in [-0.3, -0.25) is 4.57 Å². The van der Waals surface area contributed by atoms with Gasteiger partial charge < -0.3 is 0 Å². The molecule has 0 aliphatic heterocycles. The highest BCUT2D eigenvalue weighted by molar-refractivity contribution is 7.25. The van der Waals surface area contributed by atoms with Crippen LogP contribution >= 0.6 is 11.3 Å². The van der Waals surface area contributed by atoms with Gasteiger partial charge in [-0.05, 0) is 84.9 Å². The number of rotatable bonds is 2. The fourth-order valence-electron chi connectivity index (χ4n) is 9.48. The Bertz CT molecular complexity index is 3800. The van der Waals surface area contributed by atoms with Crippen molar-refractivity contribution in [3.8, 4) is 17.2 Å². The third-order valence-electron chi connectivity index (χ3n) is 11.9. The molecule has 10 aromatic carbocycles. The number of hydrogen-bond acceptors (Lipinski definition) is 3. The summed E-state index contributed by atoms with van der Waals surface area (Å²) in [6.07, 6.45) is 0. The molecule has 0 amide bonds. The Morgan fingerprint density at radius 3 is 1.77 bits per heavy atom. The van der Waals surface area contributed by atoms with Crippen molar-refractivity contribution < 1.29 is 0 Å². The summed E-state index contributed by atoms with van der Waals surface area (Å²) in [5, 5.41) is 18.3. The van der Waals surface area contributed by atoms with E-state index in [-0.39, 0.29) is 0 Å². The van der Waals surface area contributed by atoms with Gasteiger partial charge >= 0.3 is 0 Å². The second kappa shape index (κ2) is 11.2. The van der Waals surface area contributed by atoms with Gasteiger partial charge in [0.25, 0.3) is 0 Å². The van der Waals surface area contributed by atoms with Gasteiger partial charge in [-0.2, -0.15) is 0 Å². The minimum absolute atomic E-state index is 0.666. The van der Waals surface area contributed by atoms with Gasteiger partial charge in [0, 0.05) is 47.3 Å². The van der Waals surface area contributed by atoms with E-state index in [0.717, 1.165) is 38.6 Å². The van der Waals surface area contributed by atoms with Crippen LogP contribution in [0.3, 0.4) is 0 Å². The lowest BCUT2D eigenvalue weighted by Crippen LogP contribution is -2.04. The predicted molar refractivity (Wildman–Crippen MR) is 240 cm³/mol. The molecule has 3 heterocycles. The van der Waals surface area contributed by atoms with E-state index in [1.807, 2.05) is 11.3 Å². The molecule has 4 heteroatoms. The maximum Gasteiger partial charge on any atom is 0.235 e. The maximum atomic E-state index is 5.65. The van der Waals surface area contributed by atoms with Crippen LogP contribution in [0.4, 0.5) is 0 Å². The largest absolute Gasteiger partial charge is 0.278 e. The van der Waals surface area contributed by atoms with E-state index in [2.05, 4.69) is 180 Å². The molecule has 0 aliphatic rings. The van der Waals surface area contributed by atoms with Crippen LogP contribution in [0.2, 0.25) is 0 Å². The van der Waals surface area contributed by atoms with Gasteiger partial charge in [0.15, 0.2) is 0 Å². The van der Waals surface area contributed by atoms with Gasteiger partial charge in [-0.1, -0.05) is 140 Å². The number of aromatic nitrogens is 3. The van der Waals surface area contributed by atoms with E-state index in [1.54, 1.807) is 0 Å². The molecule has 0 fully saturated rings. The lowest BCUT2D eigenvalue weighted by Gasteiger charge is -2.14. The standard InChI is InChI=1S/C52H29N3S/c1-2-13-32-28-45-42(27-31(32)12-1)50-44(26-24-41-37-17-6-5-15-35(37)36-16-7-8-19-40(36)48(41)50)55(45)52-53-43-25-22-30-11-3-4-14-34(30)49(43)51(54-52)33-21-23-39-38-18-9-10-20-46(38)56-47(39)29-33/h1-29H. The molecule has 0 spiro atoms. The molecule has 3 nitrogen and oxygen atoms in total. The van der Waals surface area contributed by atoms with Gasteiger partial charge in [0.1, 0.15) is 0 Å². The average molecular weight is 728 g/mol. The third kappa shape index (κ3) is 4.11. The first-order chi connectivity index (χ1) is 27.8. The van der Waals surface area contributed by atoms with Crippen molar-refractivity contribution in [1.29, 1.82) is 0 Å². The SMILES string of the molecule is c1ccc2cc3c(cc2c1)c1c2c4ccccc4c4ccccc4c2ccc1n3-c1nc(-c2ccc3c(c2)sc2ccccc23)c2c(ccc3ccccc32)n1. The fourth-order valence-corrected chi connectivity index (χ4v) is 10.6. The fraction of sp³-hybridized carbons (Fsp3) is 0. The minimum Gasteiger partial charge on any atom is -0.278 e. The van der Waals surface area contributed by atoms with Crippen molar-refractivity contribution in [2.45, 2.75) is 0 Å². The molecule has 258 valence electrons.